The predicted octanol–water partition coefficient (Wildman–Crippen LogP) is 3.90. The molecule has 0 spiro atoms. The Balaban J connectivity index is 2.28. The van der Waals surface area contributed by atoms with E-state index in [0.717, 1.165) is 22.9 Å². The molecule has 0 amide bonds. The molecule has 80 valence electrons. The first-order chi connectivity index (χ1) is 7.18. The first-order valence-corrected chi connectivity index (χ1v) is 6.11. The van der Waals surface area contributed by atoms with E-state index in [1.165, 1.54) is 17.6 Å². The lowest BCUT2D eigenvalue weighted by Crippen LogP contribution is -2.01. The number of rotatable bonds is 2. The van der Waals surface area contributed by atoms with E-state index in [-0.39, 0.29) is 0 Å². The van der Waals surface area contributed by atoms with Gasteiger partial charge in [-0.1, -0.05) is 34.1 Å². The van der Waals surface area contributed by atoms with Crippen molar-refractivity contribution in [3.63, 3.8) is 0 Å². The second-order valence-electron chi connectivity index (χ2n) is 4.10. The van der Waals surface area contributed by atoms with E-state index in [9.17, 15) is 5.11 Å². The molecule has 0 radical (unpaired) electrons. The minimum atomic E-state index is -0.428. The normalized spacial score (nSPS) is 17.7. The highest BCUT2D eigenvalue weighted by Gasteiger charge is 2.18. The SMILES string of the molecule is Cc1ccc(C(O)C2=CCCC2)c(Br)c1. The number of hydrogen-bond acceptors (Lipinski definition) is 1. The maximum absolute atomic E-state index is 10.2. The van der Waals surface area contributed by atoms with Gasteiger partial charge in [-0.3, -0.25) is 0 Å². The van der Waals surface area contributed by atoms with E-state index in [1.807, 2.05) is 18.2 Å². The highest BCUT2D eigenvalue weighted by molar-refractivity contribution is 9.10. The van der Waals surface area contributed by atoms with Crippen LogP contribution in [0.1, 0.15) is 36.5 Å². The summed E-state index contributed by atoms with van der Waals surface area (Å²) in [7, 11) is 0. The summed E-state index contributed by atoms with van der Waals surface area (Å²) in [4.78, 5) is 0. The molecule has 2 rings (SSSR count). The van der Waals surface area contributed by atoms with Crippen LogP contribution < -0.4 is 0 Å². The molecular formula is C13H15BrO. The Morgan fingerprint density at radius 3 is 2.80 bits per heavy atom. The molecule has 1 atom stereocenters. The van der Waals surface area contributed by atoms with Crippen LogP contribution in [0.15, 0.2) is 34.3 Å². The van der Waals surface area contributed by atoms with E-state index in [4.69, 9.17) is 0 Å². The monoisotopic (exact) mass is 266 g/mol. The van der Waals surface area contributed by atoms with Crippen molar-refractivity contribution in [2.45, 2.75) is 32.3 Å². The first-order valence-electron chi connectivity index (χ1n) is 5.31. The molecule has 0 saturated heterocycles. The molecule has 2 heteroatoms. The van der Waals surface area contributed by atoms with Gasteiger partial charge in [-0.25, -0.2) is 0 Å². The second-order valence-corrected chi connectivity index (χ2v) is 4.95. The lowest BCUT2D eigenvalue weighted by atomic mass is 10.0. The van der Waals surface area contributed by atoms with E-state index in [0.29, 0.717) is 0 Å². The molecule has 0 fully saturated rings. The van der Waals surface area contributed by atoms with Crippen molar-refractivity contribution in [1.29, 1.82) is 0 Å². The smallest absolute Gasteiger partial charge is 0.101 e. The zero-order chi connectivity index (χ0) is 10.8. The number of halogens is 1. The third-order valence-electron chi connectivity index (χ3n) is 2.88. The molecule has 1 nitrogen and oxygen atoms in total. The van der Waals surface area contributed by atoms with Crippen molar-refractivity contribution in [1.82, 2.24) is 0 Å². The Morgan fingerprint density at radius 1 is 1.40 bits per heavy atom. The summed E-state index contributed by atoms with van der Waals surface area (Å²) in [5.41, 5.74) is 3.35. The van der Waals surface area contributed by atoms with E-state index >= 15 is 0 Å². The van der Waals surface area contributed by atoms with Gasteiger partial charge < -0.3 is 5.11 Å². The van der Waals surface area contributed by atoms with Crippen LogP contribution in [-0.2, 0) is 0 Å². The Labute approximate surface area is 99.0 Å². The number of allylic oxidation sites excluding steroid dienone is 1. The summed E-state index contributed by atoms with van der Waals surface area (Å²) >= 11 is 3.51. The van der Waals surface area contributed by atoms with Crippen LogP contribution in [0, 0.1) is 6.92 Å². The van der Waals surface area contributed by atoms with Gasteiger partial charge in [0.1, 0.15) is 6.10 Å². The van der Waals surface area contributed by atoms with Crippen LogP contribution in [0.2, 0.25) is 0 Å². The highest BCUT2D eigenvalue weighted by Crippen LogP contribution is 2.34. The van der Waals surface area contributed by atoms with Crippen LogP contribution in [0.5, 0.6) is 0 Å². The van der Waals surface area contributed by atoms with Gasteiger partial charge in [0.05, 0.1) is 0 Å². The average Bonchev–Trinajstić information content (AvgIpc) is 2.69. The van der Waals surface area contributed by atoms with Gasteiger partial charge in [0.15, 0.2) is 0 Å². The average molecular weight is 267 g/mol. The zero-order valence-electron chi connectivity index (χ0n) is 8.83. The van der Waals surface area contributed by atoms with Crippen molar-refractivity contribution < 1.29 is 5.11 Å². The van der Waals surface area contributed by atoms with Crippen LogP contribution in [0.4, 0.5) is 0 Å². The Kier molecular flexibility index (Phi) is 3.27. The number of hydrogen-bond donors (Lipinski definition) is 1. The summed E-state index contributed by atoms with van der Waals surface area (Å²) in [5, 5.41) is 10.2. The number of aliphatic hydroxyl groups is 1. The van der Waals surface area contributed by atoms with Gasteiger partial charge in [-0.15, -0.1) is 0 Å². The zero-order valence-corrected chi connectivity index (χ0v) is 10.4. The summed E-state index contributed by atoms with van der Waals surface area (Å²) < 4.78 is 1.00. The topological polar surface area (TPSA) is 20.2 Å². The molecule has 0 heterocycles. The van der Waals surface area contributed by atoms with Gasteiger partial charge in [-0.2, -0.15) is 0 Å². The minimum absolute atomic E-state index is 0.428. The van der Waals surface area contributed by atoms with E-state index in [2.05, 4.69) is 28.9 Å². The van der Waals surface area contributed by atoms with Gasteiger partial charge in [0.2, 0.25) is 0 Å². The molecule has 1 aliphatic carbocycles. The molecule has 0 aromatic heterocycles. The van der Waals surface area contributed by atoms with E-state index in [1.54, 1.807) is 0 Å². The predicted molar refractivity (Wildman–Crippen MR) is 65.8 cm³/mol. The maximum Gasteiger partial charge on any atom is 0.101 e. The number of aryl methyl sites for hydroxylation is 1. The second kappa shape index (κ2) is 4.50. The molecule has 1 N–H and O–H groups in total. The summed E-state index contributed by atoms with van der Waals surface area (Å²) in [6, 6.07) is 6.09. The summed E-state index contributed by atoms with van der Waals surface area (Å²) in [6.07, 6.45) is 5.05. The van der Waals surface area contributed by atoms with Crippen LogP contribution in [0.25, 0.3) is 0 Å². The molecule has 0 aliphatic heterocycles. The van der Waals surface area contributed by atoms with Crippen LogP contribution in [-0.4, -0.2) is 5.11 Å². The van der Waals surface area contributed by atoms with Crippen molar-refractivity contribution in [2.75, 3.05) is 0 Å². The molecule has 15 heavy (non-hydrogen) atoms. The van der Waals surface area contributed by atoms with Crippen molar-refractivity contribution >= 4 is 15.9 Å². The molecular weight excluding hydrogens is 252 g/mol. The quantitative estimate of drug-likeness (QED) is 0.806. The van der Waals surface area contributed by atoms with Crippen molar-refractivity contribution in [2.24, 2.45) is 0 Å². The Morgan fingerprint density at radius 2 is 2.20 bits per heavy atom. The van der Waals surface area contributed by atoms with Crippen LogP contribution >= 0.6 is 15.9 Å². The third kappa shape index (κ3) is 2.32. The molecule has 1 aliphatic rings. The summed E-state index contributed by atoms with van der Waals surface area (Å²) in [6.45, 7) is 2.05. The Bertz CT molecular complexity index is 396. The van der Waals surface area contributed by atoms with Gasteiger partial charge in [-0.05, 0) is 49.0 Å². The first kappa shape index (κ1) is 10.9. The van der Waals surface area contributed by atoms with Crippen molar-refractivity contribution in [3.8, 4) is 0 Å². The van der Waals surface area contributed by atoms with Crippen LogP contribution in [0.3, 0.4) is 0 Å². The molecule has 1 aromatic carbocycles. The lowest BCUT2D eigenvalue weighted by molar-refractivity contribution is 0.212. The minimum Gasteiger partial charge on any atom is -0.384 e. The Hall–Kier alpha value is -0.600. The highest BCUT2D eigenvalue weighted by atomic mass is 79.9. The van der Waals surface area contributed by atoms with E-state index < -0.39 is 6.10 Å². The molecule has 0 bridgehead atoms. The molecule has 1 aromatic rings. The number of aliphatic hydroxyl groups excluding tert-OH is 1. The standard InChI is InChI=1S/C13H15BrO/c1-9-6-7-11(12(14)8-9)13(15)10-4-2-3-5-10/h4,6-8,13,15H,2-3,5H2,1H3. The van der Waals surface area contributed by atoms with Gasteiger partial charge in [0, 0.05) is 4.47 Å². The fourth-order valence-corrected chi connectivity index (χ4v) is 2.71. The fraction of sp³-hybridized carbons (Fsp3) is 0.385. The largest absolute Gasteiger partial charge is 0.384 e. The van der Waals surface area contributed by atoms with Gasteiger partial charge >= 0.3 is 0 Å². The van der Waals surface area contributed by atoms with Gasteiger partial charge in [0.25, 0.3) is 0 Å². The maximum atomic E-state index is 10.2. The fourth-order valence-electron chi connectivity index (χ4n) is 2.00. The molecule has 0 saturated carbocycles. The number of benzene rings is 1. The van der Waals surface area contributed by atoms with Crippen molar-refractivity contribution in [3.05, 3.63) is 45.4 Å². The lowest BCUT2D eigenvalue weighted by Gasteiger charge is -2.14. The third-order valence-corrected chi connectivity index (χ3v) is 3.56. The summed E-state index contributed by atoms with van der Waals surface area (Å²) in [5.74, 6) is 0. The molecule has 1 unspecified atom stereocenters.